The van der Waals surface area contributed by atoms with Crippen LogP contribution in [0.5, 0.6) is 0 Å². The van der Waals surface area contributed by atoms with Crippen LogP contribution < -0.4 is 5.32 Å². The van der Waals surface area contributed by atoms with E-state index in [0.29, 0.717) is 24.4 Å². The highest BCUT2D eigenvalue weighted by Gasteiger charge is 2.10. The Hall–Kier alpha value is -3.21. The molecule has 26 heavy (non-hydrogen) atoms. The fourth-order valence-electron chi connectivity index (χ4n) is 2.55. The van der Waals surface area contributed by atoms with Crippen molar-refractivity contribution in [2.45, 2.75) is 19.3 Å². The quantitative estimate of drug-likeness (QED) is 0.631. The standard InChI is InChI=1S/C21H20N2O3/c24-19(16-7-3-1-4-8-16)11-12-20(25)22-14-13-18-15-26-21(23-18)17-9-5-2-6-10-17/h1-10,15H,11-14H2,(H,22,25). The summed E-state index contributed by atoms with van der Waals surface area (Å²) < 4.78 is 5.47. The molecule has 2 aromatic carbocycles. The predicted molar refractivity (Wildman–Crippen MR) is 98.7 cm³/mol. The van der Waals surface area contributed by atoms with Crippen LogP contribution in [0.3, 0.4) is 0 Å². The summed E-state index contributed by atoms with van der Waals surface area (Å²) in [6, 6.07) is 18.7. The molecule has 5 heteroatoms. The molecule has 5 nitrogen and oxygen atoms in total. The van der Waals surface area contributed by atoms with Crippen molar-refractivity contribution in [3.63, 3.8) is 0 Å². The zero-order valence-corrected chi connectivity index (χ0v) is 14.4. The number of carbonyl (C=O) groups is 2. The number of oxazole rings is 1. The Balaban J connectivity index is 1.40. The number of aromatic nitrogens is 1. The molecule has 0 saturated heterocycles. The molecule has 1 heterocycles. The minimum absolute atomic E-state index is 0.0234. The second kappa shape index (κ2) is 8.76. The molecule has 3 rings (SSSR count). The van der Waals surface area contributed by atoms with Gasteiger partial charge in [0, 0.05) is 36.9 Å². The Bertz CT molecular complexity index is 857. The summed E-state index contributed by atoms with van der Waals surface area (Å²) in [7, 11) is 0. The van der Waals surface area contributed by atoms with E-state index in [1.165, 1.54) is 0 Å². The number of amides is 1. The first-order valence-corrected chi connectivity index (χ1v) is 8.57. The van der Waals surface area contributed by atoms with Gasteiger partial charge in [0.15, 0.2) is 5.78 Å². The van der Waals surface area contributed by atoms with Crippen molar-refractivity contribution < 1.29 is 14.0 Å². The maximum absolute atomic E-state index is 12.0. The molecular formula is C21H20N2O3. The van der Waals surface area contributed by atoms with Gasteiger partial charge in [-0.2, -0.15) is 0 Å². The molecule has 0 aliphatic carbocycles. The van der Waals surface area contributed by atoms with E-state index in [1.807, 2.05) is 48.5 Å². The Labute approximate surface area is 152 Å². The van der Waals surface area contributed by atoms with E-state index in [0.717, 1.165) is 11.3 Å². The molecule has 0 unspecified atom stereocenters. The number of benzene rings is 2. The fraction of sp³-hybridized carbons (Fsp3) is 0.190. The van der Waals surface area contributed by atoms with Gasteiger partial charge in [0.25, 0.3) is 0 Å². The van der Waals surface area contributed by atoms with Gasteiger partial charge >= 0.3 is 0 Å². The molecule has 0 aliphatic heterocycles. The second-order valence-electron chi connectivity index (χ2n) is 5.90. The first-order chi connectivity index (χ1) is 12.7. The average molecular weight is 348 g/mol. The molecule has 0 radical (unpaired) electrons. The Morgan fingerprint density at radius 2 is 1.62 bits per heavy atom. The SMILES string of the molecule is O=C(CCC(=O)c1ccccc1)NCCc1coc(-c2ccccc2)n1. The topological polar surface area (TPSA) is 72.2 Å². The summed E-state index contributed by atoms with van der Waals surface area (Å²) in [6.45, 7) is 0.457. The smallest absolute Gasteiger partial charge is 0.226 e. The fourth-order valence-corrected chi connectivity index (χ4v) is 2.55. The van der Waals surface area contributed by atoms with E-state index in [2.05, 4.69) is 10.3 Å². The molecule has 1 amide bonds. The lowest BCUT2D eigenvalue weighted by Crippen LogP contribution is -2.26. The molecule has 0 spiro atoms. The van der Waals surface area contributed by atoms with Gasteiger partial charge in [-0.25, -0.2) is 4.98 Å². The highest BCUT2D eigenvalue weighted by molar-refractivity contribution is 5.97. The van der Waals surface area contributed by atoms with Crippen molar-refractivity contribution in [3.05, 3.63) is 78.2 Å². The summed E-state index contributed by atoms with van der Waals surface area (Å²) in [5.41, 5.74) is 2.34. The van der Waals surface area contributed by atoms with Crippen LogP contribution in [0.1, 0.15) is 28.9 Å². The summed E-state index contributed by atoms with van der Waals surface area (Å²) >= 11 is 0. The van der Waals surface area contributed by atoms with E-state index in [-0.39, 0.29) is 24.5 Å². The largest absolute Gasteiger partial charge is 0.444 e. The van der Waals surface area contributed by atoms with Gasteiger partial charge in [-0.3, -0.25) is 9.59 Å². The Kier molecular flexibility index (Phi) is 5.93. The van der Waals surface area contributed by atoms with E-state index in [9.17, 15) is 9.59 Å². The van der Waals surface area contributed by atoms with Crippen LogP contribution in [0.25, 0.3) is 11.5 Å². The van der Waals surface area contributed by atoms with Crippen LogP contribution in [0.4, 0.5) is 0 Å². The molecule has 0 saturated carbocycles. The van der Waals surface area contributed by atoms with E-state index < -0.39 is 0 Å². The van der Waals surface area contributed by atoms with Crippen LogP contribution in [0, 0.1) is 0 Å². The molecule has 0 aliphatic rings. The maximum atomic E-state index is 12.0. The monoisotopic (exact) mass is 348 g/mol. The number of carbonyl (C=O) groups excluding carboxylic acids is 2. The minimum Gasteiger partial charge on any atom is -0.444 e. The summed E-state index contributed by atoms with van der Waals surface area (Å²) in [4.78, 5) is 28.3. The lowest BCUT2D eigenvalue weighted by molar-refractivity contribution is -0.121. The third-order valence-corrected chi connectivity index (χ3v) is 3.95. The maximum Gasteiger partial charge on any atom is 0.226 e. The van der Waals surface area contributed by atoms with Gasteiger partial charge in [0.1, 0.15) is 6.26 Å². The van der Waals surface area contributed by atoms with Crippen LogP contribution in [0.2, 0.25) is 0 Å². The van der Waals surface area contributed by atoms with Gasteiger partial charge in [0.05, 0.1) is 5.69 Å². The lowest BCUT2D eigenvalue weighted by atomic mass is 10.1. The highest BCUT2D eigenvalue weighted by atomic mass is 16.3. The van der Waals surface area contributed by atoms with Crippen molar-refractivity contribution >= 4 is 11.7 Å². The molecular weight excluding hydrogens is 328 g/mol. The van der Waals surface area contributed by atoms with E-state index >= 15 is 0 Å². The molecule has 0 bridgehead atoms. The average Bonchev–Trinajstić information content (AvgIpc) is 3.16. The summed E-state index contributed by atoms with van der Waals surface area (Å²) in [5, 5.41) is 2.81. The minimum atomic E-state index is -0.138. The third-order valence-electron chi connectivity index (χ3n) is 3.95. The number of nitrogens with zero attached hydrogens (tertiary/aromatic N) is 1. The van der Waals surface area contributed by atoms with Crippen molar-refractivity contribution in [3.8, 4) is 11.5 Å². The predicted octanol–water partition coefficient (Wildman–Crippen LogP) is 3.66. The molecule has 1 aromatic heterocycles. The number of hydrogen-bond donors (Lipinski definition) is 1. The first kappa shape index (κ1) is 17.6. The van der Waals surface area contributed by atoms with Crippen LogP contribution >= 0.6 is 0 Å². The second-order valence-corrected chi connectivity index (χ2v) is 5.90. The van der Waals surface area contributed by atoms with Gasteiger partial charge in [-0.15, -0.1) is 0 Å². The number of hydrogen-bond acceptors (Lipinski definition) is 4. The van der Waals surface area contributed by atoms with Gasteiger partial charge < -0.3 is 9.73 Å². The number of nitrogens with one attached hydrogen (secondary N) is 1. The van der Waals surface area contributed by atoms with E-state index in [1.54, 1.807) is 18.4 Å². The number of ketones is 1. The number of rotatable bonds is 8. The van der Waals surface area contributed by atoms with Crippen LogP contribution in [-0.2, 0) is 11.2 Å². The van der Waals surface area contributed by atoms with Crippen LogP contribution in [0.15, 0.2) is 71.3 Å². The van der Waals surface area contributed by atoms with Gasteiger partial charge in [0.2, 0.25) is 11.8 Å². The Morgan fingerprint density at radius 1 is 0.923 bits per heavy atom. The van der Waals surface area contributed by atoms with Crippen molar-refractivity contribution in [2.24, 2.45) is 0 Å². The zero-order valence-electron chi connectivity index (χ0n) is 14.4. The Morgan fingerprint density at radius 3 is 2.35 bits per heavy atom. The normalized spacial score (nSPS) is 10.5. The van der Waals surface area contributed by atoms with Crippen LogP contribution in [-0.4, -0.2) is 23.2 Å². The summed E-state index contributed by atoms with van der Waals surface area (Å²) in [5.74, 6) is 0.409. The van der Waals surface area contributed by atoms with Crippen molar-refractivity contribution in [1.29, 1.82) is 0 Å². The molecule has 132 valence electrons. The first-order valence-electron chi connectivity index (χ1n) is 8.57. The molecule has 0 fully saturated rings. The highest BCUT2D eigenvalue weighted by Crippen LogP contribution is 2.17. The molecule has 0 atom stereocenters. The van der Waals surface area contributed by atoms with Gasteiger partial charge in [-0.05, 0) is 12.1 Å². The summed E-state index contributed by atoms with van der Waals surface area (Å²) in [6.07, 6.45) is 2.57. The number of Topliss-reactive ketones (excluding diaryl/α,β-unsaturated/α-hetero) is 1. The zero-order chi connectivity index (χ0) is 18.2. The van der Waals surface area contributed by atoms with Crippen molar-refractivity contribution in [2.75, 3.05) is 6.54 Å². The molecule has 1 N–H and O–H groups in total. The third kappa shape index (κ3) is 4.89. The lowest BCUT2D eigenvalue weighted by Gasteiger charge is -2.04. The van der Waals surface area contributed by atoms with Crippen molar-refractivity contribution in [1.82, 2.24) is 10.3 Å². The van der Waals surface area contributed by atoms with Gasteiger partial charge in [-0.1, -0.05) is 48.5 Å². The van der Waals surface area contributed by atoms with E-state index in [4.69, 9.17) is 4.42 Å². The molecule has 3 aromatic rings.